The van der Waals surface area contributed by atoms with Crippen molar-refractivity contribution in [3.8, 4) is 0 Å². The average Bonchev–Trinajstić information content (AvgIpc) is 2.56. The molecule has 0 bridgehead atoms. The first kappa shape index (κ1) is 16.8. The molecule has 0 aromatic heterocycles. The molecule has 2 amide bonds. The second-order valence-corrected chi connectivity index (χ2v) is 8.57. The van der Waals surface area contributed by atoms with Gasteiger partial charge in [0.05, 0.1) is 11.5 Å². The summed E-state index contributed by atoms with van der Waals surface area (Å²) in [5.74, 6) is 0.362. The van der Waals surface area contributed by atoms with Crippen molar-refractivity contribution in [1.82, 2.24) is 5.32 Å². The third-order valence-electron chi connectivity index (χ3n) is 4.42. The number of sulfone groups is 1. The number of urea groups is 1. The van der Waals surface area contributed by atoms with Gasteiger partial charge in [0.25, 0.3) is 0 Å². The zero-order chi connectivity index (χ0) is 17.0. The van der Waals surface area contributed by atoms with Gasteiger partial charge in [-0.3, -0.25) is 0 Å². The van der Waals surface area contributed by atoms with Crippen LogP contribution in [0.25, 0.3) is 0 Å². The van der Waals surface area contributed by atoms with E-state index in [9.17, 15) is 13.2 Å². The summed E-state index contributed by atoms with van der Waals surface area (Å²) < 4.78 is 23.1. The quantitative estimate of drug-likeness (QED) is 0.820. The van der Waals surface area contributed by atoms with Crippen LogP contribution in [0.4, 0.5) is 16.2 Å². The van der Waals surface area contributed by atoms with Gasteiger partial charge in [-0.1, -0.05) is 18.2 Å². The Kier molecular flexibility index (Phi) is 5.08. The van der Waals surface area contributed by atoms with E-state index >= 15 is 0 Å². The molecule has 3 rings (SSSR count). The molecule has 2 aliphatic rings. The maximum Gasteiger partial charge on any atom is 0.319 e. The summed E-state index contributed by atoms with van der Waals surface area (Å²) in [6.45, 7) is 0.985. The molecule has 0 unspecified atom stereocenters. The van der Waals surface area contributed by atoms with Gasteiger partial charge in [0, 0.05) is 30.5 Å². The molecule has 2 N–H and O–H groups in total. The molecule has 24 heavy (non-hydrogen) atoms. The van der Waals surface area contributed by atoms with Crippen molar-refractivity contribution < 1.29 is 13.2 Å². The monoisotopic (exact) mass is 349 g/mol. The van der Waals surface area contributed by atoms with Crippen LogP contribution in [0.15, 0.2) is 36.4 Å². The Morgan fingerprint density at radius 3 is 2.67 bits per heavy atom. The molecule has 7 heteroatoms. The first-order valence-electron chi connectivity index (χ1n) is 8.30. The van der Waals surface area contributed by atoms with E-state index in [0.29, 0.717) is 18.8 Å². The lowest BCUT2D eigenvalue weighted by atomic mass is 10.0. The van der Waals surface area contributed by atoms with Crippen molar-refractivity contribution >= 4 is 27.2 Å². The van der Waals surface area contributed by atoms with Crippen LogP contribution in [0.3, 0.4) is 0 Å². The Balaban J connectivity index is 1.58. The number of anilines is 2. The van der Waals surface area contributed by atoms with Gasteiger partial charge < -0.3 is 15.5 Å². The smallest absolute Gasteiger partial charge is 0.319 e. The van der Waals surface area contributed by atoms with Crippen molar-refractivity contribution in [1.29, 1.82) is 0 Å². The van der Waals surface area contributed by atoms with E-state index in [2.05, 4.69) is 22.8 Å². The highest BCUT2D eigenvalue weighted by Crippen LogP contribution is 2.21. The molecule has 0 radical (unpaired) electrons. The maximum absolute atomic E-state index is 12.1. The molecule has 1 aromatic rings. The van der Waals surface area contributed by atoms with E-state index in [-0.39, 0.29) is 23.6 Å². The van der Waals surface area contributed by atoms with Gasteiger partial charge in [0.1, 0.15) is 0 Å². The van der Waals surface area contributed by atoms with Gasteiger partial charge >= 0.3 is 6.03 Å². The number of allylic oxidation sites excluding steroid dienone is 1. The van der Waals surface area contributed by atoms with Crippen molar-refractivity contribution in [3.63, 3.8) is 0 Å². The Labute approximate surface area is 142 Å². The fourth-order valence-corrected chi connectivity index (χ4v) is 4.23. The summed E-state index contributed by atoms with van der Waals surface area (Å²) in [4.78, 5) is 14.2. The van der Waals surface area contributed by atoms with Crippen LogP contribution in [0, 0.1) is 0 Å². The Morgan fingerprint density at radius 2 is 1.96 bits per heavy atom. The normalized spacial score (nSPS) is 22.8. The van der Waals surface area contributed by atoms with E-state index in [1.807, 2.05) is 29.2 Å². The Hall–Kier alpha value is -2.02. The molecular weight excluding hydrogens is 326 g/mol. The number of carbonyl (C=O) groups excluding carboxylic acids is 1. The third-order valence-corrected chi connectivity index (χ3v) is 6.03. The van der Waals surface area contributed by atoms with Gasteiger partial charge in [0.15, 0.2) is 9.84 Å². The number of benzene rings is 1. The van der Waals surface area contributed by atoms with E-state index in [0.717, 1.165) is 24.9 Å². The van der Waals surface area contributed by atoms with Crippen LogP contribution in [0.2, 0.25) is 0 Å². The number of carbonyl (C=O) groups is 1. The zero-order valence-corrected chi connectivity index (χ0v) is 14.4. The van der Waals surface area contributed by atoms with Crippen LogP contribution >= 0.6 is 0 Å². The van der Waals surface area contributed by atoms with Gasteiger partial charge in [-0.2, -0.15) is 0 Å². The lowest BCUT2D eigenvalue weighted by Crippen LogP contribution is -2.40. The summed E-state index contributed by atoms with van der Waals surface area (Å²) in [5, 5.41) is 5.85. The third kappa shape index (κ3) is 4.50. The van der Waals surface area contributed by atoms with Gasteiger partial charge in [-0.25, -0.2) is 13.2 Å². The first-order chi connectivity index (χ1) is 11.5. The van der Waals surface area contributed by atoms with Crippen molar-refractivity contribution in [2.24, 2.45) is 0 Å². The Morgan fingerprint density at radius 1 is 1.17 bits per heavy atom. The van der Waals surface area contributed by atoms with E-state index in [1.165, 1.54) is 0 Å². The Bertz CT molecular complexity index is 716. The summed E-state index contributed by atoms with van der Waals surface area (Å²) in [6.07, 6.45) is 7.07. The molecule has 0 saturated carbocycles. The van der Waals surface area contributed by atoms with Crippen LogP contribution < -0.4 is 15.5 Å². The van der Waals surface area contributed by atoms with Crippen molar-refractivity contribution in [3.05, 3.63) is 36.4 Å². The number of amides is 2. The number of nitrogens with zero attached hydrogens (tertiary/aromatic N) is 1. The highest BCUT2D eigenvalue weighted by molar-refractivity contribution is 7.91. The summed E-state index contributed by atoms with van der Waals surface area (Å²) in [5.41, 5.74) is 1.65. The van der Waals surface area contributed by atoms with E-state index in [1.54, 1.807) is 0 Å². The number of rotatable bonds is 3. The minimum atomic E-state index is -2.90. The largest absolute Gasteiger partial charge is 0.369 e. The first-order valence-corrected chi connectivity index (χ1v) is 10.1. The summed E-state index contributed by atoms with van der Waals surface area (Å²) >= 11 is 0. The number of hydrogen-bond acceptors (Lipinski definition) is 4. The molecule has 130 valence electrons. The number of nitrogens with one attached hydrogen (secondary N) is 2. The molecule has 1 aliphatic carbocycles. The molecule has 0 spiro atoms. The fourth-order valence-electron chi connectivity index (χ4n) is 3.03. The minimum absolute atomic E-state index is 0.181. The predicted octanol–water partition coefficient (Wildman–Crippen LogP) is 2.15. The second kappa shape index (κ2) is 7.25. The molecule has 1 aromatic carbocycles. The average molecular weight is 349 g/mol. The molecule has 1 heterocycles. The highest BCUT2D eigenvalue weighted by Gasteiger charge is 2.22. The number of hydrogen-bond donors (Lipinski definition) is 2. The molecule has 1 saturated heterocycles. The van der Waals surface area contributed by atoms with Crippen LogP contribution in [-0.2, 0) is 9.84 Å². The van der Waals surface area contributed by atoms with E-state index in [4.69, 9.17) is 0 Å². The minimum Gasteiger partial charge on any atom is -0.369 e. The molecule has 1 aliphatic heterocycles. The second-order valence-electron chi connectivity index (χ2n) is 6.27. The maximum atomic E-state index is 12.1. The summed E-state index contributed by atoms with van der Waals surface area (Å²) in [7, 11) is -2.90. The SMILES string of the molecule is O=C(Nc1cccc(N2CCS(=O)(=O)CC2)c1)N[C@H]1CC=CCC1. The van der Waals surface area contributed by atoms with Crippen molar-refractivity contribution in [2.45, 2.75) is 25.3 Å². The van der Waals surface area contributed by atoms with Gasteiger partial charge in [-0.05, 0) is 37.5 Å². The standard InChI is InChI=1S/C17H23N3O3S/c21-17(18-14-5-2-1-3-6-14)19-15-7-4-8-16(13-15)20-9-11-24(22,23)12-10-20/h1-2,4,7-8,13-14H,3,5-6,9-12H2,(H2,18,19,21)/t14-/m0/s1. The molecule has 1 fully saturated rings. The van der Waals surface area contributed by atoms with Crippen LogP contribution in [-0.4, -0.2) is 45.1 Å². The lowest BCUT2D eigenvalue weighted by molar-refractivity contribution is 0.247. The van der Waals surface area contributed by atoms with Crippen LogP contribution in [0.5, 0.6) is 0 Å². The summed E-state index contributed by atoms with van der Waals surface area (Å²) in [6, 6.07) is 7.52. The highest BCUT2D eigenvalue weighted by atomic mass is 32.2. The van der Waals surface area contributed by atoms with Gasteiger partial charge in [0.2, 0.25) is 0 Å². The van der Waals surface area contributed by atoms with Crippen molar-refractivity contribution in [2.75, 3.05) is 34.8 Å². The molecular formula is C17H23N3O3S. The van der Waals surface area contributed by atoms with E-state index < -0.39 is 9.84 Å². The zero-order valence-electron chi connectivity index (χ0n) is 13.6. The fraction of sp³-hybridized carbons (Fsp3) is 0.471. The van der Waals surface area contributed by atoms with Gasteiger partial charge in [-0.15, -0.1) is 0 Å². The topological polar surface area (TPSA) is 78.5 Å². The predicted molar refractivity (Wildman–Crippen MR) is 96.2 cm³/mol. The molecule has 1 atom stereocenters. The lowest BCUT2D eigenvalue weighted by Gasteiger charge is -2.29. The van der Waals surface area contributed by atoms with Crippen LogP contribution in [0.1, 0.15) is 19.3 Å². The molecule has 6 nitrogen and oxygen atoms in total.